The molecule has 0 saturated carbocycles. The maximum Gasteiger partial charge on any atom is 0.410 e. The molecule has 2 heterocycles. The molecule has 0 aliphatic carbocycles. The summed E-state index contributed by atoms with van der Waals surface area (Å²) >= 11 is 6.00. The van der Waals surface area contributed by atoms with E-state index in [2.05, 4.69) is 6.92 Å². The quantitative estimate of drug-likeness (QED) is 0.787. The Hall–Kier alpha value is -1.82. The Morgan fingerprint density at radius 1 is 1.38 bits per heavy atom. The molecule has 2 fully saturated rings. The Labute approximate surface area is 158 Å². The third-order valence-electron chi connectivity index (χ3n) is 5.37. The minimum atomic E-state index is -0.616. The molecule has 1 aromatic carbocycles. The van der Waals surface area contributed by atoms with Crippen LogP contribution in [-0.4, -0.2) is 53.1 Å². The van der Waals surface area contributed by atoms with E-state index in [0.717, 1.165) is 12.8 Å². The van der Waals surface area contributed by atoms with Crippen molar-refractivity contribution >= 4 is 23.6 Å². The lowest BCUT2D eigenvalue weighted by atomic mass is 9.90. The third kappa shape index (κ3) is 3.52. The maximum atomic E-state index is 14.0. The Kier molecular flexibility index (Phi) is 5.42. The van der Waals surface area contributed by atoms with Crippen LogP contribution < -0.4 is 0 Å². The number of hydrogen-bond donors (Lipinski definition) is 0. The molecule has 2 aliphatic rings. The monoisotopic (exact) mass is 382 g/mol. The lowest BCUT2D eigenvalue weighted by Gasteiger charge is -2.37. The Morgan fingerprint density at radius 3 is 2.69 bits per heavy atom. The number of halogens is 2. The van der Waals surface area contributed by atoms with Crippen molar-refractivity contribution in [2.24, 2.45) is 0 Å². The first kappa shape index (κ1) is 19.0. The van der Waals surface area contributed by atoms with Crippen LogP contribution in [0.3, 0.4) is 0 Å². The minimum absolute atomic E-state index is 0.0910. The van der Waals surface area contributed by atoms with Crippen molar-refractivity contribution in [1.29, 1.82) is 0 Å². The molecule has 1 atom stereocenters. The summed E-state index contributed by atoms with van der Waals surface area (Å²) in [6.07, 6.45) is 2.76. The second-order valence-electron chi connectivity index (χ2n) is 7.21. The summed E-state index contributed by atoms with van der Waals surface area (Å²) in [5.74, 6) is -1.03. The van der Waals surface area contributed by atoms with Crippen LogP contribution in [0.5, 0.6) is 0 Å². The average molecular weight is 383 g/mol. The highest BCUT2D eigenvalue weighted by Crippen LogP contribution is 2.35. The zero-order chi connectivity index (χ0) is 18.9. The zero-order valence-electron chi connectivity index (χ0n) is 15.1. The first-order valence-corrected chi connectivity index (χ1v) is 9.47. The van der Waals surface area contributed by atoms with E-state index < -0.39 is 17.3 Å². The summed E-state index contributed by atoms with van der Waals surface area (Å²) in [5, 5.41) is 0.113. The van der Waals surface area contributed by atoms with Gasteiger partial charge in [0.15, 0.2) is 0 Å². The van der Waals surface area contributed by atoms with Gasteiger partial charge in [-0.25, -0.2) is 9.18 Å². The molecule has 0 aromatic heterocycles. The summed E-state index contributed by atoms with van der Waals surface area (Å²) < 4.78 is 19.7. The summed E-state index contributed by atoms with van der Waals surface area (Å²) in [7, 11) is 0. The van der Waals surface area contributed by atoms with Crippen LogP contribution in [-0.2, 0) is 4.74 Å². The van der Waals surface area contributed by atoms with E-state index in [4.69, 9.17) is 16.3 Å². The smallest absolute Gasteiger partial charge is 0.410 e. The molecule has 3 rings (SSSR count). The fraction of sp³-hybridized carbons (Fsp3) is 0.579. The molecule has 1 spiro atoms. The van der Waals surface area contributed by atoms with Gasteiger partial charge in [-0.2, -0.15) is 0 Å². The van der Waals surface area contributed by atoms with Crippen molar-refractivity contribution in [2.45, 2.75) is 51.2 Å². The van der Waals surface area contributed by atoms with Gasteiger partial charge in [0.2, 0.25) is 0 Å². The highest BCUT2D eigenvalue weighted by molar-refractivity contribution is 6.33. The van der Waals surface area contributed by atoms with E-state index in [1.54, 1.807) is 9.80 Å². The molecule has 0 bridgehead atoms. The highest BCUT2D eigenvalue weighted by Gasteiger charge is 2.48. The van der Waals surface area contributed by atoms with E-state index in [1.807, 2.05) is 6.92 Å². The lowest BCUT2D eigenvalue weighted by molar-refractivity contribution is 0.00296. The number of rotatable bonds is 4. The molecule has 5 nitrogen and oxygen atoms in total. The van der Waals surface area contributed by atoms with Crippen LogP contribution in [0.4, 0.5) is 9.18 Å². The molecule has 1 aromatic rings. The van der Waals surface area contributed by atoms with Crippen molar-refractivity contribution in [3.8, 4) is 0 Å². The van der Waals surface area contributed by atoms with Gasteiger partial charge in [0, 0.05) is 32.0 Å². The molecule has 0 radical (unpaired) electrons. The van der Waals surface area contributed by atoms with Gasteiger partial charge in [-0.15, -0.1) is 0 Å². The fourth-order valence-electron chi connectivity index (χ4n) is 3.80. The van der Waals surface area contributed by atoms with Gasteiger partial charge in [0.05, 0.1) is 17.1 Å². The number of piperidine rings is 1. The molecular weight excluding hydrogens is 359 g/mol. The topological polar surface area (TPSA) is 49.9 Å². The molecule has 7 heteroatoms. The zero-order valence-corrected chi connectivity index (χ0v) is 15.9. The Balaban J connectivity index is 1.66. The Morgan fingerprint density at radius 2 is 2.08 bits per heavy atom. The summed E-state index contributed by atoms with van der Waals surface area (Å²) in [5.41, 5.74) is -0.638. The van der Waals surface area contributed by atoms with Crippen LogP contribution in [0.25, 0.3) is 0 Å². The normalized spacial score (nSPS) is 20.4. The second kappa shape index (κ2) is 7.43. The fourth-order valence-corrected chi connectivity index (χ4v) is 4.04. The predicted molar refractivity (Wildman–Crippen MR) is 96.8 cm³/mol. The number of amides is 2. The van der Waals surface area contributed by atoms with Gasteiger partial charge >= 0.3 is 6.09 Å². The van der Waals surface area contributed by atoms with Gasteiger partial charge in [0.1, 0.15) is 11.4 Å². The molecule has 2 saturated heterocycles. The van der Waals surface area contributed by atoms with Crippen molar-refractivity contribution in [3.63, 3.8) is 0 Å². The number of benzene rings is 1. The first-order valence-electron chi connectivity index (χ1n) is 9.10. The largest absolute Gasteiger partial charge is 0.441 e. The van der Waals surface area contributed by atoms with Crippen molar-refractivity contribution in [2.75, 3.05) is 19.6 Å². The van der Waals surface area contributed by atoms with E-state index in [-0.39, 0.29) is 22.7 Å². The molecule has 26 heavy (non-hydrogen) atoms. The number of hydrogen-bond acceptors (Lipinski definition) is 3. The van der Waals surface area contributed by atoms with E-state index >= 15 is 0 Å². The third-order valence-corrected chi connectivity index (χ3v) is 5.69. The molecule has 0 unspecified atom stereocenters. The minimum Gasteiger partial charge on any atom is -0.441 e. The van der Waals surface area contributed by atoms with Crippen molar-refractivity contribution in [3.05, 3.63) is 34.6 Å². The maximum absolute atomic E-state index is 14.0. The van der Waals surface area contributed by atoms with Crippen LogP contribution >= 0.6 is 11.6 Å². The molecular formula is C19H24ClFN2O3. The van der Waals surface area contributed by atoms with Crippen LogP contribution in [0.15, 0.2) is 18.2 Å². The van der Waals surface area contributed by atoms with Crippen molar-refractivity contribution < 1.29 is 18.7 Å². The summed E-state index contributed by atoms with van der Waals surface area (Å²) in [6, 6.07) is 4.36. The second-order valence-corrected chi connectivity index (χ2v) is 7.61. The Bertz CT molecular complexity index is 684. The molecule has 2 aliphatic heterocycles. The van der Waals surface area contributed by atoms with Crippen LogP contribution in [0.1, 0.15) is 49.9 Å². The van der Waals surface area contributed by atoms with Gasteiger partial charge in [-0.3, -0.25) is 4.79 Å². The molecule has 0 N–H and O–H groups in total. The average Bonchev–Trinajstić information content (AvgIpc) is 2.91. The predicted octanol–water partition coefficient (Wildman–Crippen LogP) is 4.09. The lowest BCUT2D eigenvalue weighted by Crippen LogP contribution is -2.49. The molecule has 2 amide bonds. The summed E-state index contributed by atoms with van der Waals surface area (Å²) in [4.78, 5) is 28.3. The van der Waals surface area contributed by atoms with E-state index in [9.17, 15) is 14.0 Å². The molecule has 142 valence electrons. The van der Waals surface area contributed by atoms with E-state index in [1.165, 1.54) is 18.2 Å². The highest BCUT2D eigenvalue weighted by atomic mass is 35.5. The standard InChI is InChI=1S/C19H24ClFN2O3/c1-3-5-13(2)23-12-19(26-18(23)25)8-10-22(11-9-19)17(24)16-14(20)6-4-7-15(16)21/h4,6-7,13H,3,5,8-12H2,1-2H3/t13-/m1/s1. The van der Waals surface area contributed by atoms with Gasteiger partial charge < -0.3 is 14.5 Å². The van der Waals surface area contributed by atoms with Crippen LogP contribution in [0, 0.1) is 5.82 Å². The van der Waals surface area contributed by atoms with Gasteiger partial charge in [0.25, 0.3) is 5.91 Å². The van der Waals surface area contributed by atoms with Gasteiger partial charge in [-0.05, 0) is 25.5 Å². The van der Waals surface area contributed by atoms with E-state index in [0.29, 0.717) is 32.5 Å². The SMILES string of the molecule is CCC[C@@H](C)N1CC2(CCN(C(=O)c3c(F)cccc3Cl)CC2)OC1=O. The summed E-state index contributed by atoms with van der Waals surface area (Å²) in [6.45, 7) is 5.49. The van der Waals surface area contributed by atoms with Crippen LogP contribution in [0.2, 0.25) is 5.02 Å². The number of carbonyl (C=O) groups excluding carboxylic acids is 2. The number of carbonyl (C=O) groups is 2. The number of likely N-dealkylation sites (tertiary alicyclic amines) is 1. The number of nitrogens with zero attached hydrogens (tertiary/aromatic N) is 2. The number of ether oxygens (including phenoxy) is 1. The first-order chi connectivity index (χ1) is 12.4. The van der Waals surface area contributed by atoms with Gasteiger partial charge in [-0.1, -0.05) is 31.0 Å². The van der Waals surface area contributed by atoms with Crippen molar-refractivity contribution in [1.82, 2.24) is 9.80 Å².